The Morgan fingerprint density at radius 1 is 1.50 bits per heavy atom. The molecule has 2 aromatic rings. The zero-order valence-electron chi connectivity index (χ0n) is 14.6. The molecule has 1 unspecified atom stereocenters. The van der Waals surface area contributed by atoms with Crippen molar-refractivity contribution >= 4 is 54.7 Å². The van der Waals surface area contributed by atoms with E-state index >= 15 is 0 Å². The molecule has 2 rings (SSSR count). The van der Waals surface area contributed by atoms with Crippen molar-refractivity contribution in [1.82, 2.24) is 15.8 Å². The van der Waals surface area contributed by atoms with Gasteiger partial charge in [-0.05, 0) is 50.9 Å². The average molecular weight is 494 g/mol. The summed E-state index contributed by atoms with van der Waals surface area (Å²) in [5.41, 5.74) is 2.43. The molecule has 152 valence electrons. The van der Waals surface area contributed by atoms with Gasteiger partial charge in [-0.1, -0.05) is 0 Å². The molecule has 0 aliphatic carbocycles. The predicted molar refractivity (Wildman–Crippen MR) is 106 cm³/mol. The molecule has 0 saturated carbocycles. The van der Waals surface area contributed by atoms with Crippen LogP contribution in [0, 0.1) is 10.6 Å². The molecule has 1 aromatic heterocycles. The van der Waals surface area contributed by atoms with Gasteiger partial charge in [-0.3, -0.25) is 20.3 Å². The van der Waals surface area contributed by atoms with E-state index < -0.39 is 15.5 Å². The number of amidine groups is 1. The third-order valence-electron chi connectivity index (χ3n) is 3.21. The van der Waals surface area contributed by atoms with E-state index in [1.165, 1.54) is 36.2 Å². The second kappa shape index (κ2) is 10.1. The number of benzene rings is 1. The maximum absolute atomic E-state index is 13.3. The lowest BCUT2D eigenvalue weighted by atomic mass is 10.2. The minimum Gasteiger partial charge on any atom is -0.299 e. The molecule has 0 bridgehead atoms. The van der Waals surface area contributed by atoms with Crippen molar-refractivity contribution in [1.29, 1.82) is 4.78 Å². The van der Waals surface area contributed by atoms with Crippen molar-refractivity contribution in [3.05, 3.63) is 34.2 Å². The fourth-order valence-electron chi connectivity index (χ4n) is 2.05. The van der Waals surface area contributed by atoms with Gasteiger partial charge in [0.25, 0.3) is 0 Å². The van der Waals surface area contributed by atoms with Crippen LogP contribution in [0.15, 0.2) is 37.3 Å². The topological polar surface area (TPSA) is 142 Å². The number of carbonyl (C=O) groups is 1. The molecule has 0 amide bonds. The van der Waals surface area contributed by atoms with Crippen molar-refractivity contribution in [2.24, 2.45) is 4.99 Å². The highest BCUT2D eigenvalue weighted by molar-refractivity contribution is 9.10. The van der Waals surface area contributed by atoms with Gasteiger partial charge in [0.15, 0.2) is 16.6 Å². The second-order valence-corrected chi connectivity index (χ2v) is 9.97. The summed E-state index contributed by atoms with van der Waals surface area (Å²) in [6.07, 6.45) is 1.91. The number of rotatable bonds is 9. The Morgan fingerprint density at radius 2 is 2.25 bits per heavy atom. The zero-order valence-corrected chi connectivity index (χ0v) is 17.9. The van der Waals surface area contributed by atoms with Gasteiger partial charge in [0, 0.05) is 28.2 Å². The number of halogens is 2. The Morgan fingerprint density at radius 3 is 2.89 bits per heavy atom. The summed E-state index contributed by atoms with van der Waals surface area (Å²) in [6, 6.07) is 4.06. The van der Waals surface area contributed by atoms with E-state index in [-0.39, 0.29) is 34.0 Å². The third-order valence-corrected chi connectivity index (χ3v) is 5.72. The van der Waals surface area contributed by atoms with Crippen molar-refractivity contribution in [3.8, 4) is 0 Å². The number of carbonyl (C=O) groups excluding carboxylic acids is 1. The maximum Gasteiger partial charge on any atom is 0.186 e. The molecule has 1 aromatic carbocycles. The van der Waals surface area contributed by atoms with Crippen LogP contribution in [-0.2, 0) is 14.5 Å². The first-order chi connectivity index (χ1) is 13.2. The molecular formula is C15H17BrFN5O4S2. The number of nitrogens with zero attached hydrogens (tertiary/aromatic N) is 3. The standard InChI is InChI=1S/C15H17BrFN5O4S2/c1-28(18,25)8-10(23)3-2-6-27-15-13(21-26-22-15)14(20-24)19-9-4-5-12(17)11(16)7-9/h4-5,7,18,24H,2-3,6,8H2,1H3,(H,19,20). The highest BCUT2D eigenvalue weighted by Crippen LogP contribution is 2.25. The number of aliphatic imine (C=N–C) groups is 1. The molecule has 0 aliphatic heterocycles. The minimum absolute atomic E-state index is 0.0433. The molecule has 9 nitrogen and oxygen atoms in total. The first kappa shape index (κ1) is 22.5. The monoisotopic (exact) mass is 493 g/mol. The molecule has 0 spiro atoms. The van der Waals surface area contributed by atoms with E-state index in [0.717, 1.165) is 0 Å². The molecule has 0 saturated heterocycles. The normalized spacial score (nSPS) is 13.9. The number of hydrogen-bond acceptors (Lipinski definition) is 9. The summed E-state index contributed by atoms with van der Waals surface area (Å²) in [4.78, 5) is 15.8. The van der Waals surface area contributed by atoms with Gasteiger partial charge in [-0.25, -0.2) is 18.2 Å². The van der Waals surface area contributed by atoms with Gasteiger partial charge < -0.3 is 0 Å². The van der Waals surface area contributed by atoms with Crippen molar-refractivity contribution in [2.45, 2.75) is 17.9 Å². The van der Waals surface area contributed by atoms with E-state index in [4.69, 9.17) is 9.41 Å². The highest BCUT2D eigenvalue weighted by Gasteiger charge is 2.17. The number of hydroxylamine groups is 1. The lowest BCUT2D eigenvalue weighted by Crippen LogP contribution is -2.21. The van der Waals surface area contributed by atoms with E-state index in [1.54, 1.807) is 0 Å². The molecule has 13 heteroatoms. The Bertz CT molecular complexity index is 981. The lowest BCUT2D eigenvalue weighted by Gasteiger charge is -2.04. The zero-order chi connectivity index (χ0) is 20.7. The lowest BCUT2D eigenvalue weighted by molar-refractivity contribution is -0.116. The molecule has 1 atom stereocenters. The van der Waals surface area contributed by atoms with Crippen molar-refractivity contribution in [3.63, 3.8) is 0 Å². The van der Waals surface area contributed by atoms with E-state index in [2.05, 4.69) is 31.2 Å². The van der Waals surface area contributed by atoms with Crippen LogP contribution >= 0.6 is 27.7 Å². The third kappa shape index (κ3) is 6.96. The predicted octanol–water partition coefficient (Wildman–Crippen LogP) is 3.15. The molecule has 0 radical (unpaired) electrons. The Balaban J connectivity index is 2.02. The molecule has 28 heavy (non-hydrogen) atoms. The van der Waals surface area contributed by atoms with Crippen molar-refractivity contribution < 1.29 is 23.2 Å². The van der Waals surface area contributed by atoms with Gasteiger partial charge in [-0.2, -0.15) is 0 Å². The maximum atomic E-state index is 13.3. The summed E-state index contributed by atoms with van der Waals surface area (Å²) in [7, 11) is -2.83. The molecule has 3 N–H and O–H groups in total. The number of aromatic nitrogens is 2. The molecule has 0 fully saturated rings. The first-order valence-corrected chi connectivity index (χ1v) is 11.7. The molecular weight excluding hydrogens is 477 g/mol. The highest BCUT2D eigenvalue weighted by atomic mass is 79.9. The number of thioether (sulfide) groups is 1. The number of ketones is 1. The summed E-state index contributed by atoms with van der Waals surface area (Å²) >= 11 is 4.29. The van der Waals surface area contributed by atoms with Crippen LogP contribution in [-0.4, -0.2) is 49.1 Å². The van der Waals surface area contributed by atoms with E-state index in [9.17, 15) is 18.6 Å². The summed E-state index contributed by atoms with van der Waals surface area (Å²) in [5, 5.41) is 17.2. The summed E-state index contributed by atoms with van der Waals surface area (Å²) in [6.45, 7) is 0. The van der Waals surface area contributed by atoms with Crippen LogP contribution in [0.1, 0.15) is 18.5 Å². The number of Topliss-reactive ketones (excluding diaryl/α,β-unsaturated/α-hetero) is 1. The van der Waals surface area contributed by atoms with Crippen LogP contribution in [0.2, 0.25) is 0 Å². The van der Waals surface area contributed by atoms with Crippen LogP contribution in [0.3, 0.4) is 0 Å². The van der Waals surface area contributed by atoms with E-state index in [0.29, 0.717) is 22.9 Å². The minimum atomic E-state index is -2.83. The fourth-order valence-corrected chi connectivity index (χ4v) is 4.02. The van der Waals surface area contributed by atoms with Crippen LogP contribution in [0.25, 0.3) is 0 Å². The Labute approximate surface area is 173 Å². The SMILES string of the molecule is CS(=N)(=O)CC(=O)CCCSc1nonc1C(=Nc1ccc(F)c(Br)c1)NO. The van der Waals surface area contributed by atoms with E-state index in [1.807, 2.05) is 5.48 Å². The summed E-state index contributed by atoms with van der Waals surface area (Å²) < 4.78 is 36.8. The largest absolute Gasteiger partial charge is 0.299 e. The fraction of sp³-hybridized carbons (Fsp3) is 0.333. The first-order valence-electron chi connectivity index (χ1n) is 7.82. The van der Waals surface area contributed by atoms with Crippen molar-refractivity contribution in [2.75, 3.05) is 17.8 Å². The van der Waals surface area contributed by atoms with Gasteiger partial charge in [-0.15, -0.1) is 11.8 Å². The smallest absolute Gasteiger partial charge is 0.186 e. The molecule has 1 heterocycles. The van der Waals surface area contributed by atoms with Gasteiger partial charge in [0.1, 0.15) is 11.6 Å². The van der Waals surface area contributed by atoms with Crippen LogP contribution in [0.5, 0.6) is 0 Å². The molecule has 0 aliphatic rings. The number of hydrogen-bond donors (Lipinski definition) is 3. The second-order valence-electron chi connectivity index (χ2n) is 5.73. The van der Waals surface area contributed by atoms with Crippen LogP contribution < -0.4 is 5.48 Å². The Hall–Kier alpha value is -1.83. The van der Waals surface area contributed by atoms with Gasteiger partial charge in [0.05, 0.1) is 15.9 Å². The quantitative estimate of drug-likeness (QED) is 0.159. The van der Waals surface area contributed by atoms with Crippen LogP contribution in [0.4, 0.5) is 10.1 Å². The van der Waals surface area contributed by atoms with Gasteiger partial charge >= 0.3 is 0 Å². The summed E-state index contributed by atoms with van der Waals surface area (Å²) in [5.74, 6) is -0.500. The number of nitrogens with one attached hydrogen (secondary N) is 2. The van der Waals surface area contributed by atoms with Gasteiger partial charge in [0.2, 0.25) is 0 Å². The average Bonchev–Trinajstić information content (AvgIpc) is 3.06. The Kier molecular flexibility index (Phi) is 8.10.